The molecule has 8 heteroatoms. The number of hydrogen-bond donors (Lipinski definition) is 1. The van der Waals surface area contributed by atoms with Crippen molar-refractivity contribution >= 4 is 51.4 Å². The minimum atomic E-state index is -0.188. The summed E-state index contributed by atoms with van der Waals surface area (Å²) < 4.78 is 0.752. The summed E-state index contributed by atoms with van der Waals surface area (Å²) in [6, 6.07) is 7.38. The average molecular weight is 343 g/mol. The van der Waals surface area contributed by atoms with Gasteiger partial charge in [-0.3, -0.25) is 4.79 Å². The van der Waals surface area contributed by atoms with Gasteiger partial charge in [0.2, 0.25) is 11.0 Å². The summed E-state index contributed by atoms with van der Waals surface area (Å²) in [7, 11) is 3.48. The summed E-state index contributed by atoms with van der Waals surface area (Å²) in [4.78, 5) is 13.4. The number of aromatic nitrogens is 2. The number of halogens is 1. The molecule has 0 bridgehead atoms. The Kier molecular flexibility index (Phi) is 5.44. The van der Waals surface area contributed by atoms with E-state index in [0.717, 1.165) is 10.0 Å². The monoisotopic (exact) mass is 342 g/mol. The molecule has 112 valence electrons. The predicted molar refractivity (Wildman–Crippen MR) is 88.7 cm³/mol. The van der Waals surface area contributed by atoms with Crippen molar-refractivity contribution in [1.29, 1.82) is 0 Å². The van der Waals surface area contributed by atoms with Crippen molar-refractivity contribution in [1.82, 2.24) is 15.1 Å². The molecule has 0 fully saturated rings. The zero-order valence-corrected chi connectivity index (χ0v) is 14.2. The maximum Gasteiger partial charge on any atom is 0.235 e. The Balaban J connectivity index is 2.00. The van der Waals surface area contributed by atoms with Crippen LogP contribution in [0.1, 0.15) is 6.92 Å². The third-order valence-corrected chi connectivity index (χ3v) is 4.79. The Morgan fingerprint density at radius 1 is 1.43 bits per heavy atom. The number of anilines is 2. The highest BCUT2D eigenvalue weighted by Crippen LogP contribution is 2.31. The van der Waals surface area contributed by atoms with E-state index in [9.17, 15) is 4.79 Å². The summed E-state index contributed by atoms with van der Waals surface area (Å²) in [5.41, 5.74) is 0.854. The smallest absolute Gasteiger partial charge is 0.235 e. The summed E-state index contributed by atoms with van der Waals surface area (Å²) in [5, 5.41) is 12.4. The van der Waals surface area contributed by atoms with Crippen LogP contribution in [-0.4, -0.2) is 40.3 Å². The lowest BCUT2D eigenvalue weighted by molar-refractivity contribution is -0.127. The Labute approximate surface area is 136 Å². The first-order valence-corrected chi connectivity index (χ1v) is 8.27. The van der Waals surface area contributed by atoms with Crippen LogP contribution < -0.4 is 5.32 Å². The molecule has 2 aromatic rings. The van der Waals surface area contributed by atoms with Gasteiger partial charge in [0.25, 0.3) is 0 Å². The third kappa shape index (κ3) is 4.59. The quantitative estimate of drug-likeness (QED) is 0.843. The molecule has 0 aliphatic carbocycles. The number of nitrogens with zero attached hydrogens (tertiary/aromatic N) is 3. The fourth-order valence-electron chi connectivity index (χ4n) is 1.56. The Morgan fingerprint density at radius 2 is 2.19 bits per heavy atom. The normalized spacial score (nSPS) is 12.0. The van der Waals surface area contributed by atoms with E-state index in [-0.39, 0.29) is 11.2 Å². The Hall–Kier alpha value is -1.31. The van der Waals surface area contributed by atoms with Crippen molar-refractivity contribution < 1.29 is 4.79 Å². The zero-order chi connectivity index (χ0) is 15.4. The second kappa shape index (κ2) is 7.11. The molecule has 21 heavy (non-hydrogen) atoms. The predicted octanol–water partition coefficient (Wildman–Crippen LogP) is 3.50. The maximum atomic E-state index is 11.8. The number of hydrogen-bond acceptors (Lipinski definition) is 6. The van der Waals surface area contributed by atoms with Crippen LogP contribution in [0.2, 0.25) is 5.02 Å². The largest absolute Gasteiger partial charge is 0.348 e. The molecule has 1 aromatic carbocycles. The van der Waals surface area contributed by atoms with E-state index in [2.05, 4.69) is 15.5 Å². The summed E-state index contributed by atoms with van der Waals surface area (Å²) in [6.45, 7) is 1.86. The lowest BCUT2D eigenvalue weighted by atomic mass is 10.3. The van der Waals surface area contributed by atoms with Crippen LogP contribution in [0.25, 0.3) is 0 Å². The first-order chi connectivity index (χ1) is 9.95. The molecular weight excluding hydrogens is 328 g/mol. The fraction of sp³-hybridized carbons (Fsp3) is 0.308. The molecule has 1 atom stereocenters. The summed E-state index contributed by atoms with van der Waals surface area (Å²) >= 11 is 8.74. The van der Waals surface area contributed by atoms with Crippen molar-refractivity contribution in [3.63, 3.8) is 0 Å². The van der Waals surface area contributed by atoms with Crippen LogP contribution in [0.15, 0.2) is 28.6 Å². The molecule has 1 aromatic heterocycles. The van der Waals surface area contributed by atoms with Crippen LogP contribution in [0, 0.1) is 0 Å². The van der Waals surface area contributed by atoms with Gasteiger partial charge in [0.15, 0.2) is 4.34 Å². The SMILES string of the molecule is C[C@H](Sc1nnc(Nc2cccc(Cl)c2)s1)C(=O)N(C)C. The lowest BCUT2D eigenvalue weighted by Gasteiger charge is -2.14. The van der Waals surface area contributed by atoms with Crippen LogP contribution in [-0.2, 0) is 4.79 Å². The van der Waals surface area contributed by atoms with Crippen LogP contribution in [0.5, 0.6) is 0 Å². The van der Waals surface area contributed by atoms with Crippen molar-refractivity contribution in [2.75, 3.05) is 19.4 Å². The topological polar surface area (TPSA) is 58.1 Å². The number of carbonyl (C=O) groups excluding carboxylic acids is 1. The van der Waals surface area contributed by atoms with E-state index in [1.54, 1.807) is 19.0 Å². The highest BCUT2D eigenvalue weighted by atomic mass is 35.5. The number of carbonyl (C=O) groups is 1. The van der Waals surface area contributed by atoms with Gasteiger partial charge in [0.05, 0.1) is 5.25 Å². The maximum absolute atomic E-state index is 11.8. The molecule has 0 aliphatic rings. The van der Waals surface area contributed by atoms with Gasteiger partial charge >= 0.3 is 0 Å². The van der Waals surface area contributed by atoms with Crippen LogP contribution in [0.3, 0.4) is 0 Å². The average Bonchev–Trinajstić information content (AvgIpc) is 2.84. The van der Waals surface area contributed by atoms with Gasteiger partial charge in [0.1, 0.15) is 0 Å². The van der Waals surface area contributed by atoms with Gasteiger partial charge in [-0.1, -0.05) is 40.8 Å². The first kappa shape index (κ1) is 16.1. The number of rotatable bonds is 5. The van der Waals surface area contributed by atoms with Crippen LogP contribution in [0.4, 0.5) is 10.8 Å². The molecule has 2 rings (SSSR count). The van der Waals surface area contributed by atoms with E-state index < -0.39 is 0 Å². The highest BCUT2D eigenvalue weighted by molar-refractivity contribution is 8.02. The molecule has 0 aliphatic heterocycles. The molecule has 1 heterocycles. The summed E-state index contributed by atoms with van der Waals surface area (Å²) in [6.07, 6.45) is 0. The first-order valence-electron chi connectivity index (χ1n) is 6.19. The lowest BCUT2D eigenvalue weighted by Crippen LogP contribution is -2.29. The Bertz CT molecular complexity index is 632. The van der Waals surface area contributed by atoms with Gasteiger partial charge in [-0.25, -0.2) is 0 Å². The van der Waals surface area contributed by atoms with Gasteiger partial charge in [-0.2, -0.15) is 0 Å². The molecule has 0 spiro atoms. The van der Waals surface area contributed by atoms with Gasteiger partial charge in [-0.05, 0) is 25.1 Å². The van der Waals surface area contributed by atoms with E-state index >= 15 is 0 Å². The molecule has 0 radical (unpaired) electrons. The molecule has 0 saturated carbocycles. The molecule has 1 N–H and O–H groups in total. The minimum Gasteiger partial charge on any atom is -0.348 e. The second-order valence-corrected chi connectivity index (χ2v) is 7.50. The van der Waals surface area contributed by atoms with Gasteiger partial charge in [0, 0.05) is 24.8 Å². The van der Waals surface area contributed by atoms with Crippen molar-refractivity contribution in [2.24, 2.45) is 0 Å². The zero-order valence-electron chi connectivity index (χ0n) is 11.8. The number of nitrogens with one attached hydrogen (secondary N) is 1. The second-order valence-electron chi connectivity index (χ2n) is 4.50. The molecule has 1 amide bonds. The van der Waals surface area contributed by atoms with E-state index in [0.29, 0.717) is 10.2 Å². The molecule has 0 saturated heterocycles. The molecular formula is C13H15ClN4OS2. The van der Waals surface area contributed by atoms with E-state index in [1.807, 2.05) is 31.2 Å². The fourth-order valence-corrected chi connectivity index (χ4v) is 3.82. The number of thioether (sulfide) groups is 1. The van der Waals surface area contributed by atoms with E-state index in [4.69, 9.17) is 11.6 Å². The van der Waals surface area contributed by atoms with Gasteiger partial charge in [-0.15, -0.1) is 10.2 Å². The highest BCUT2D eigenvalue weighted by Gasteiger charge is 2.18. The van der Waals surface area contributed by atoms with Crippen molar-refractivity contribution in [2.45, 2.75) is 16.5 Å². The number of benzene rings is 1. The Morgan fingerprint density at radius 3 is 2.86 bits per heavy atom. The number of amides is 1. The molecule has 5 nitrogen and oxygen atoms in total. The van der Waals surface area contributed by atoms with E-state index in [1.165, 1.54) is 23.1 Å². The van der Waals surface area contributed by atoms with Gasteiger partial charge < -0.3 is 10.2 Å². The standard InChI is InChI=1S/C13H15ClN4OS2/c1-8(11(19)18(2)3)20-13-17-16-12(21-13)15-10-6-4-5-9(14)7-10/h4-8H,1-3H3,(H,15,16)/t8-/m0/s1. The van der Waals surface area contributed by atoms with Crippen molar-refractivity contribution in [3.05, 3.63) is 29.3 Å². The summed E-state index contributed by atoms with van der Waals surface area (Å²) in [5.74, 6) is 0.0551. The minimum absolute atomic E-state index is 0.0551. The van der Waals surface area contributed by atoms with Crippen molar-refractivity contribution in [3.8, 4) is 0 Å². The third-order valence-electron chi connectivity index (χ3n) is 2.55. The molecule has 0 unspecified atom stereocenters. The van der Waals surface area contributed by atoms with Crippen LogP contribution >= 0.6 is 34.7 Å².